The van der Waals surface area contributed by atoms with E-state index in [2.05, 4.69) is 10.4 Å². The Balaban J connectivity index is 1.75. The van der Waals surface area contributed by atoms with Crippen LogP contribution >= 0.6 is 0 Å². The van der Waals surface area contributed by atoms with Crippen molar-refractivity contribution in [3.05, 3.63) is 70.3 Å². The van der Waals surface area contributed by atoms with Crippen LogP contribution in [0.15, 0.2) is 47.4 Å². The second kappa shape index (κ2) is 6.23. The van der Waals surface area contributed by atoms with Crippen LogP contribution in [-0.4, -0.2) is 20.1 Å². The fourth-order valence-electron chi connectivity index (χ4n) is 2.42. The van der Waals surface area contributed by atoms with Crippen LogP contribution in [0.3, 0.4) is 0 Å². The predicted molar refractivity (Wildman–Crippen MR) is 82.4 cm³/mol. The Morgan fingerprint density at radius 3 is 2.79 bits per heavy atom. The first kappa shape index (κ1) is 15.9. The summed E-state index contributed by atoms with van der Waals surface area (Å²) in [5.41, 5.74) is 0.140. The molecule has 1 unspecified atom stereocenters. The topological polar surface area (TPSA) is 68.4 Å². The number of nitrogens with one attached hydrogen (secondary N) is 1. The van der Waals surface area contributed by atoms with Crippen molar-refractivity contribution in [2.24, 2.45) is 0 Å². The number of halogens is 2. The van der Waals surface area contributed by atoms with Gasteiger partial charge in [0.2, 0.25) is 5.91 Å². The summed E-state index contributed by atoms with van der Waals surface area (Å²) >= 11 is 0. The van der Waals surface area contributed by atoms with E-state index in [0.29, 0.717) is 5.65 Å². The Bertz CT molecular complexity index is 964. The van der Waals surface area contributed by atoms with Crippen LogP contribution in [0, 0.1) is 11.6 Å². The summed E-state index contributed by atoms with van der Waals surface area (Å²) in [6.45, 7) is 1.27. The lowest BCUT2D eigenvalue weighted by atomic mass is 10.1. The molecule has 0 spiro atoms. The molecule has 0 bridgehead atoms. The maximum atomic E-state index is 13.7. The highest BCUT2D eigenvalue weighted by molar-refractivity contribution is 5.76. The van der Waals surface area contributed by atoms with Crippen molar-refractivity contribution in [3.63, 3.8) is 0 Å². The zero-order chi connectivity index (χ0) is 17.3. The zero-order valence-corrected chi connectivity index (χ0v) is 12.7. The Morgan fingerprint density at radius 2 is 2.08 bits per heavy atom. The molecule has 3 aromatic rings. The third-order valence-corrected chi connectivity index (χ3v) is 3.59. The average molecular weight is 332 g/mol. The Kier molecular flexibility index (Phi) is 4.11. The van der Waals surface area contributed by atoms with Gasteiger partial charge in [0.1, 0.15) is 18.2 Å². The van der Waals surface area contributed by atoms with E-state index in [-0.39, 0.29) is 12.1 Å². The van der Waals surface area contributed by atoms with Gasteiger partial charge in [0.05, 0.1) is 6.04 Å². The number of benzene rings is 1. The maximum Gasteiger partial charge on any atom is 0.350 e. The van der Waals surface area contributed by atoms with Gasteiger partial charge in [-0.25, -0.2) is 18.3 Å². The molecule has 1 aromatic carbocycles. The second-order valence-corrected chi connectivity index (χ2v) is 5.32. The van der Waals surface area contributed by atoms with E-state index in [0.717, 1.165) is 16.8 Å². The maximum absolute atomic E-state index is 13.7. The molecule has 1 N–H and O–H groups in total. The molecule has 0 saturated carbocycles. The fourth-order valence-corrected chi connectivity index (χ4v) is 2.42. The summed E-state index contributed by atoms with van der Waals surface area (Å²) in [5, 5.41) is 6.61. The number of hydrogen-bond donors (Lipinski definition) is 1. The third kappa shape index (κ3) is 3.03. The number of rotatable bonds is 4. The summed E-state index contributed by atoms with van der Waals surface area (Å²) in [6.07, 6.45) is 1.55. The fraction of sp³-hybridized carbons (Fsp3) is 0.188. The first-order valence-corrected chi connectivity index (χ1v) is 7.24. The molecule has 0 aliphatic heterocycles. The largest absolute Gasteiger partial charge is 0.350 e. The van der Waals surface area contributed by atoms with E-state index in [9.17, 15) is 18.4 Å². The summed E-state index contributed by atoms with van der Waals surface area (Å²) in [6, 6.07) is 7.52. The van der Waals surface area contributed by atoms with Crippen molar-refractivity contribution in [1.29, 1.82) is 0 Å². The van der Waals surface area contributed by atoms with Gasteiger partial charge in [-0.05, 0) is 25.1 Å². The highest BCUT2D eigenvalue weighted by atomic mass is 19.1. The van der Waals surface area contributed by atoms with Gasteiger partial charge in [0, 0.05) is 17.8 Å². The van der Waals surface area contributed by atoms with Crippen LogP contribution in [-0.2, 0) is 11.3 Å². The number of nitrogens with zero attached hydrogens (tertiary/aromatic N) is 3. The minimum Gasteiger partial charge on any atom is -0.348 e. The van der Waals surface area contributed by atoms with Crippen LogP contribution in [0.2, 0.25) is 0 Å². The number of fused-ring (bicyclic) bond motifs is 1. The van der Waals surface area contributed by atoms with Crippen molar-refractivity contribution in [2.75, 3.05) is 0 Å². The van der Waals surface area contributed by atoms with Crippen LogP contribution < -0.4 is 11.0 Å². The standard InChI is InChI=1S/C16H14F2N4O2/c1-10(12-6-5-11(17)8-13(12)18)19-15(23)9-22-16(24)21-7-3-2-4-14(21)20-22/h2-8,10H,9H2,1H3,(H,19,23). The summed E-state index contributed by atoms with van der Waals surface area (Å²) in [5.74, 6) is -1.93. The van der Waals surface area contributed by atoms with Gasteiger partial charge in [-0.15, -0.1) is 5.10 Å². The van der Waals surface area contributed by atoms with E-state index in [1.54, 1.807) is 31.3 Å². The van der Waals surface area contributed by atoms with Crippen LogP contribution in [0.25, 0.3) is 5.65 Å². The molecule has 0 radical (unpaired) electrons. The molecule has 124 valence electrons. The van der Waals surface area contributed by atoms with E-state index >= 15 is 0 Å². The number of pyridine rings is 1. The molecule has 1 amide bonds. The molecule has 24 heavy (non-hydrogen) atoms. The summed E-state index contributed by atoms with van der Waals surface area (Å²) in [4.78, 5) is 24.2. The van der Waals surface area contributed by atoms with Crippen molar-refractivity contribution in [2.45, 2.75) is 19.5 Å². The van der Waals surface area contributed by atoms with Crippen molar-refractivity contribution in [3.8, 4) is 0 Å². The van der Waals surface area contributed by atoms with Crippen LogP contribution in [0.5, 0.6) is 0 Å². The lowest BCUT2D eigenvalue weighted by molar-refractivity contribution is -0.122. The number of carbonyl (C=O) groups excluding carboxylic acids is 1. The molecule has 2 aromatic heterocycles. The molecule has 0 fully saturated rings. The monoisotopic (exact) mass is 332 g/mol. The molecule has 2 heterocycles. The Labute approximate surface area is 135 Å². The van der Waals surface area contributed by atoms with Gasteiger partial charge < -0.3 is 5.32 Å². The zero-order valence-electron chi connectivity index (χ0n) is 12.7. The summed E-state index contributed by atoms with van der Waals surface area (Å²) < 4.78 is 29.0. The molecule has 3 rings (SSSR count). The third-order valence-electron chi connectivity index (χ3n) is 3.59. The SMILES string of the molecule is CC(NC(=O)Cn1nc2ccccn2c1=O)c1ccc(F)cc1F. The van der Waals surface area contributed by atoms with E-state index in [4.69, 9.17) is 0 Å². The average Bonchev–Trinajstić information content (AvgIpc) is 2.83. The number of hydrogen-bond acceptors (Lipinski definition) is 3. The van der Waals surface area contributed by atoms with E-state index in [1.165, 1.54) is 10.5 Å². The normalized spacial score (nSPS) is 12.3. The molecule has 6 nitrogen and oxygen atoms in total. The molecular weight excluding hydrogens is 318 g/mol. The number of carbonyl (C=O) groups is 1. The second-order valence-electron chi connectivity index (χ2n) is 5.32. The lowest BCUT2D eigenvalue weighted by Gasteiger charge is -2.15. The summed E-state index contributed by atoms with van der Waals surface area (Å²) in [7, 11) is 0. The number of aromatic nitrogens is 3. The minimum atomic E-state index is -0.743. The number of amides is 1. The minimum absolute atomic E-state index is 0.159. The first-order valence-electron chi connectivity index (χ1n) is 7.24. The molecule has 0 aliphatic rings. The first-order chi connectivity index (χ1) is 11.5. The Hall–Kier alpha value is -3.03. The van der Waals surface area contributed by atoms with Gasteiger partial charge in [-0.3, -0.25) is 9.20 Å². The van der Waals surface area contributed by atoms with Gasteiger partial charge in [0.25, 0.3) is 0 Å². The molecule has 1 atom stereocenters. The smallest absolute Gasteiger partial charge is 0.348 e. The lowest BCUT2D eigenvalue weighted by Crippen LogP contribution is -2.34. The highest BCUT2D eigenvalue weighted by Crippen LogP contribution is 2.17. The van der Waals surface area contributed by atoms with Crippen LogP contribution in [0.1, 0.15) is 18.5 Å². The molecule has 0 saturated heterocycles. The molecule has 8 heteroatoms. The van der Waals surface area contributed by atoms with Crippen LogP contribution in [0.4, 0.5) is 8.78 Å². The van der Waals surface area contributed by atoms with Crippen molar-refractivity contribution < 1.29 is 13.6 Å². The molecular formula is C16H14F2N4O2. The van der Waals surface area contributed by atoms with Crippen molar-refractivity contribution in [1.82, 2.24) is 19.5 Å². The highest BCUT2D eigenvalue weighted by Gasteiger charge is 2.16. The van der Waals surface area contributed by atoms with Crippen molar-refractivity contribution >= 4 is 11.6 Å². The van der Waals surface area contributed by atoms with E-state index in [1.807, 2.05) is 0 Å². The van der Waals surface area contributed by atoms with Gasteiger partial charge >= 0.3 is 5.69 Å². The predicted octanol–water partition coefficient (Wildman–Crippen LogP) is 1.65. The van der Waals surface area contributed by atoms with Gasteiger partial charge in [-0.2, -0.15) is 0 Å². The quantitative estimate of drug-likeness (QED) is 0.790. The molecule has 0 aliphatic carbocycles. The Morgan fingerprint density at radius 1 is 1.29 bits per heavy atom. The van der Waals surface area contributed by atoms with Gasteiger partial charge in [0.15, 0.2) is 5.65 Å². The van der Waals surface area contributed by atoms with E-state index < -0.39 is 29.3 Å². The van der Waals surface area contributed by atoms with Gasteiger partial charge in [-0.1, -0.05) is 12.1 Å².